The lowest BCUT2D eigenvalue weighted by Crippen LogP contribution is -2.37. The Morgan fingerprint density at radius 2 is 2.00 bits per heavy atom. The van der Waals surface area contributed by atoms with Gasteiger partial charge >= 0.3 is 0 Å². The van der Waals surface area contributed by atoms with Gasteiger partial charge in [0.05, 0.1) is 0 Å². The van der Waals surface area contributed by atoms with Gasteiger partial charge < -0.3 is 11.1 Å². The van der Waals surface area contributed by atoms with Gasteiger partial charge in [-0.05, 0) is 55.4 Å². The van der Waals surface area contributed by atoms with E-state index in [0.717, 1.165) is 12.0 Å². The molecule has 1 aliphatic carbocycles. The zero-order valence-electron chi connectivity index (χ0n) is 11.4. The van der Waals surface area contributed by atoms with Crippen molar-refractivity contribution < 1.29 is 4.79 Å². The van der Waals surface area contributed by atoms with E-state index >= 15 is 0 Å². The van der Waals surface area contributed by atoms with Crippen LogP contribution in [0.5, 0.6) is 0 Å². The summed E-state index contributed by atoms with van der Waals surface area (Å²) in [4.78, 5) is 12.2. The molecule has 1 aliphatic rings. The highest BCUT2D eigenvalue weighted by Gasteiger charge is 2.30. The van der Waals surface area contributed by atoms with Crippen LogP contribution < -0.4 is 11.1 Å². The lowest BCUT2D eigenvalue weighted by molar-refractivity contribution is 0.0927. The minimum Gasteiger partial charge on any atom is -0.399 e. The molecular formula is C15H22N2O. The Morgan fingerprint density at radius 3 is 2.56 bits per heavy atom. The first-order chi connectivity index (χ1) is 8.47. The van der Waals surface area contributed by atoms with Gasteiger partial charge in [0.25, 0.3) is 5.91 Å². The van der Waals surface area contributed by atoms with Crippen LogP contribution in [0.3, 0.4) is 0 Å². The number of hydrogen-bond donors (Lipinski definition) is 2. The van der Waals surface area contributed by atoms with Crippen LogP contribution in [0.1, 0.15) is 42.6 Å². The van der Waals surface area contributed by atoms with E-state index in [1.54, 1.807) is 6.07 Å². The van der Waals surface area contributed by atoms with E-state index in [4.69, 9.17) is 5.73 Å². The predicted molar refractivity (Wildman–Crippen MR) is 74.4 cm³/mol. The van der Waals surface area contributed by atoms with Gasteiger partial charge in [0.15, 0.2) is 0 Å². The molecule has 1 saturated carbocycles. The number of rotatable bonds is 2. The summed E-state index contributed by atoms with van der Waals surface area (Å²) in [5.74, 6) is 1.24. The summed E-state index contributed by atoms with van der Waals surface area (Å²) >= 11 is 0. The van der Waals surface area contributed by atoms with E-state index in [1.165, 1.54) is 6.42 Å². The van der Waals surface area contributed by atoms with Crippen LogP contribution in [0.25, 0.3) is 0 Å². The fraction of sp³-hybridized carbons (Fsp3) is 0.533. The summed E-state index contributed by atoms with van der Waals surface area (Å²) in [6.07, 6.45) is 2.28. The van der Waals surface area contributed by atoms with Crippen LogP contribution in [0.15, 0.2) is 18.2 Å². The molecule has 3 nitrogen and oxygen atoms in total. The van der Waals surface area contributed by atoms with Crippen LogP contribution in [0.2, 0.25) is 0 Å². The van der Waals surface area contributed by atoms with Crippen molar-refractivity contribution in [3.8, 4) is 0 Å². The number of hydrogen-bond acceptors (Lipinski definition) is 2. The second kappa shape index (κ2) is 5.01. The Hall–Kier alpha value is -1.51. The van der Waals surface area contributed by atoms with Gasteiger partial charge in [-0.3, -0.25) is 4.79 Å². The van der Waals surface area contributed by atoms with Crippen molar-refractivity contribution in [2.45, 2.75) is 39.7 Å². The van der Waals surface area contributed by atoms with E-state index in [1.807, 2.05) is 19.1 Å². The van der Waals surface area contributed by atoms with Gasteiger partial charge in [-0.25, -0.2) is 0 Å². The molecule has 3 unspecified atom stereocenters. The van der Waals surface area contributed by atoms with E-state index in [0.29, 0.717) is 29.1 Å². The molecule has 3 heteroatoms. The Kier molecular flexibility index (Phi) is 3.60. The molecule has 0 heterocycles. The molecule has 2 rings (SSSR count). The molecule has 0 saturated heterocycles. The monoisotopic (exact) mass is 246 g/mol. The largest absolute Gasteiger partial charge is 0.399 e. The van der Waals surface area contributed by atoms with Crippen molar-refractivity contribution in [2.24, 2.45) is 11.8 Å². The predicted octanol–water partition coefficient (Wildman–Crippen LogP) is 2.74. The van der Waals surface area contributed by atoms with Crippen molar-refractivity contribution in [1.82, 2.24) is 5.32 Å². The maximum atomic E-state index is 12.2. The summed E-state index contributed by atoms with van der Waals surface area (Å²) in [7, 11) is 0. The van der Waals surface area contributed by atoms with Gasteiger partial charge in [0.1, 0.15) is 0 Å². The van der Waals surface area contributed by atoms with Crippen molar-refractivity contribution >= 4 is 11.6 Å². The Balaban J connectivity index is 2.08. The van der Waals surface area contributed by atoms with Gasteiger partial charge in [-0.1, -0.05) is 13.8 Å². The second-order valence-corrected chi connectivity index (χ2v) is 5.63. The maximum absolute atomic E-state index is 12.2. The van der Waals surface area contributed by atoms with Crippen molar-refractivity contribution in [1.29, 1.82) is 0 Å². The highest BCUT2D eigenvalue weighted by atomic mass is 16.1. The van der Waals surface area contributed by atoms with Crippen LogP contribution in [0, 0.1) is 18.8 Å². The smallest absolute Gasteiger partial charge is 0.251 e. The molecule has 1 fully saturated rings. The fourth-order valence-electron chi connectivity index (χ4n) is 2.76. The normalized spacial score (nSPS) is 27.2. The summed E-state index contributed by atoms with van der Waals surface area (Å²) < 4.78 is 0. The second-order valence-electron chi connectivity index (χ2n) is 5.63. The van der Waals surface area contributed by atoms with Crippen LogP contribution in [-0.2, 0) is 0 Å². The van der Waals surface area contributed by atoms with Gasteiger partial charge in [0.2, 0.25) is 0 Å². The standard InChI is InChI=1S/C15H22N2O/c1-9-6-12(8-13(16)7-9)15(18)17-14-5-4-10(2)11(14)3/h6-8,10-11,14H,4-5,16H2,1-3H3,(H,17,18). The Labute approximate surface area is 109 Å². The zero-order valence-corrected chi connectivity index (χ0v) is 11.4. The molecule has 1 aromatic rings. The third kappa shape index (κ3) is 2.66. The van der Waals surface area contributed by atoms with Crippen LogP contribution in [0.4, 0.5) is 5.69 Å². The number of amides is 1. The summed E-state index contributed by atoms with van der Waals surface area (Å²) in [5.41, 5.74) is 8.11. The van der Waals surface area contributed by atoms with Crippen LogP contribution >= 0.6 is 0 Å². The number of aryl methyl sites for hydroxylation is 1. The fourth-order valence-corrected chi connectivity index (χ4v) is 2.76. The number of nitrogen functional groups attached to an aromatic ring is 1. The zero-order chi connectivity index (χ0) is 13.3. The average molecular weight is 246 g/mol. The number of carbonyl (C=O) groups is 1. The molecule has 0 spiro atoms. The molecule has 0 aromatic heterocycles. The first-order valence-electron chi connectivity index (χ1n) is 6.65. The Bertz CT molecular complexity index is 436. The number of nitrogens with two attached hydrogens (primary N) is 1. The molecule has 18 heavy (non-hydrogen) atoms. The first kappa shape index (κ1) is 12.9. The van der Waals surface area contributed by atoms with Crippen molar-refractivity contribution in [3.63, 3.8) is 0 Å². The van der Waals surface area contributed by atoms with Crippen LogP contribution in [-0.4, -0.2) is 11.9 Å². The third-order valence-electron chi connectivity index (χ3n) is 4.14. The quantitative estimate of drug-likeness (QED) is 0.788. The van der Waals surface area contributed by atoms with E-state index < -0.39 is 0 Å². The van der Waals surface area contributed by atoms with Gasteiger partial charge in [0, 0.05) is 17.3 Å². The topological polar surface area (TPSA) is 55.1 Å². The molecule has 1 amide bonds. The summed E-state index contributed by atoms with van der Waals surface area (Å²) in [5, 5.41) is 3.14. The maximum Gasteiger partial charge on any atom is 0.251 e. The average Bonchev–Trinajstić information content (AvgIpc) is 2.59. The summed E-state index contributed by atoms with van der Waals surface area (Å²) in [6.45, 7) is 6.42. The molecular weight excluding hydrogens is 224 g/mol. The SMILES string of the molecule is Cc1cc(N)cc(C(=O)NC2CCC(C)C2C)c1. The first-order valence-corrected chi connectivity index (χ1v) is 6.65. The van der Waals surface area contributed by atoms with E-state index in [9.17, 15) is 4.79 Å². The molecule has 3 N–H and O–H groups in total. The third-order valence-corrected chi connectivity index (χ3v) is 4.14. The number of benzene rings is 1. The highest BCUT2D eigenvalue weighted by Crippen LogP contribution is 2.31. The van der Waals surface area contributed by atoms with Gasteiger partial charge in [-0.15, -0.1) is 0 Å². The van der Waals surface area contributed by atoms with E-state index in [-0.39, 0.29) is 5.91 Å². The molecule has 0 radical (unpaired) electrons. The molecule has 3 atom stereocenters. The number of nitrogens with one attached hydrogen (secondary N) is 1. The number of anilines is 1. The molecule has 98 valence electrons. The lowest BCUT2D eigenvalue weighted by Gasteiger charge is -2.19. The van der Waals surface area contributed by atoms with E-state index in [2.05, 4.69) is 19.2 Å². The van der Waals surface area contributed by atoms with Gasteiger partial charge in [-0.2, -0.15) is 0 Å². The van der Waals surface area contributed by atoms with Crippen molar-refractivity contribution in [3.05, 3.63) is 29.3 Å². The lowest BCUT2D eigenvalue weighted by atomic mass is 9.97. The highest BCUT2D eigenvalue weighted by molar-refractivity contribution is 5.95. The Morgan fingerprint density at radius 1 is 1.28 bits per heavy atom. The molecule has 0 bridgehead atoms. The minimum atomic E-state index is -0.00338. The minimum absolute atomic E-state index is 0.00338. The molecule has 1 aromatic carbocycles. The van der Waals surface area contributed by atoms with Crippen molar-refractivity contribution in [2.75, 3.05) is 5.73 Å². The number of carbonyl (C=O) groups excluding carboxylic acids is 1. The molecule has 0 aliphatic heterocycles. The summed E-state index contributed by atoms with van der Waals surface area (Å²) in [6, 6.07) is 5.80.